The number of nitrogens with zero attached hydrogens (tertiary/aromatic N) is 4. The van der Waals surface area contributed by atoms with Crippen LogP contribution in [-0.2, 0) is 9.53 Å². The van der Waals surface area contributed by atoms with E-state index in [0.717, 1.165) is 36.3 Å². The second-order valence-corrected chi connectivity index (χ2v) is 10.3. The van der Waals surface area contributed by atoms with Gasteiger partial charge in [0, 0.05) is 39.1 Å². The van der Waals surface area contributed by atoms with Crippen molar-refractivity contribution in [2.45, 2.75) is 46.6 Å². The van der Waals surface area contributed by atoms with Gasteiger partial charge in [-0.05, 0) is 55.5 Å². The quantitative estimate of drug-likeness (QED) is 0.542. The fraction of sp³-hybridized carbons (Fsp3) is 0.500. The molecule has 0 saturated carbocycles. The van der Waals surface area contributed by atoms with Crippen LogP contribution in [0.4, 0.5) is 4.79 Å². The SMILES string of the molecule is CCCNC(=O)N(CCN1CCOCC1)CC(=O)N1N=C(c2ccc(C)c(C)c2)CC1c1ccc(C)cc1. The molecular weight excluding hydrogens is 478 g/mol. The van der Waals surface area contributed by atoms with Gasteiger partial charge in [0.2, 0.25) is 0 Å². The molecule has 1 atom stereocenters. The maximum absolute atomic E-state index is 13.8. The third-order valence-corrected chi connectivity index (χ3v) is 7.40. The summed E-state index contributed by atoms with van der Waals surface area (Å²) in [6, 6.07) is 14.2. The van der Waals surface area contributed by atoms with Gasteiger partial charge in [-0.15, -0.1) is 0 Å². The highest BCUT2D eigenvalue weighted by atomic mass is 16.5. The summed E-state index contributed by atoms with van der Waals surface area (Å²) < 4.78 is 5.45. The van der Waals surface area contributed by atoms with Crippen LogP contribution < -0.4 is 5.32 Å². The van der Waals surface area contributed by atoms with E-state index in [1.165, 1.54) is 16.7 Å². The summed E-state index contributed by atoms with van der Waals surface area (Å²) in [5, 5.41) is 9.40. The lowest BCUT2D eigenvalue weighted by atomic mass is 9.96. The average Bonchev–Trinajstić information content (AvgIpc) is 3.38. The van der Waals surface area contributed by atoms with Gasteiger partial charge in [-0.1, -0.05) is 48.9 Å². The summed E-state index contributed by atoms with van der Waals surface area (Å²) in [7, 11) is 0. The van der Waals surface area contributed by atoms with Crippen LogP contribution in [0.25, 0.3) is 0 Å². The van der Waals surface area contributed by atoms with Gasteiger partial charge < -0.3 is 15.0 Å². The first-order valence-corrected chi connectivity index (χ1v) is 13.7. The fourth-order valence-corrected chi connectivity index (χ4v) is 4.80. The highest BCUT2D eigenvalue weighted by molar-refractivity contribution is 6.03. The van der Waals surface area contributed by atoms with Crippen LogP contribution >= 0.6 is 0 Å². The Morgan fingerprint density at radius 3 is 2.47 bits per heavy atom. The molecule has 2 aromatic rings. The number of benzene rings is 2. The normalized spacial score (nSPS) is 17.8. The molecule has 0 spiro atoms. The molecule has 2 aliphatic rings. The lowest BCUT2D eigenvalue weighted by Crippen LogP contribution is -2.49. The lowest BCUT2D eigenvalue weighted by Gasteiger charge is -2.31. The monoisotopic (exact) mass is 519 g/mol. The third kappa shape index (κ3) is 6.99. The molecule has 1 fully saturated rings. The van der Waals surface area contributed by atoms with Crippen molar-refractivity contribution in [2.75, 3.05) is 52.5 Å². The molecule has 2 aliphatic heterocycles. The number of hydrazone groups is 1. The van der Waals surface area contributed by atoms with Crippen molar-refractivity contribution >= 4 is 17.6 Å². The van der Waals surface area contributed by atoms with Gasteiger partial charge in [0.25, 0.3) is 5.91 Å². The van der Waals surface area contributed by atoms with Gasteiger partial charge in [0.1, 0.15) is 6.54 Å². The van der Waals surface area contributed by atoms with Crippen LogP contribution in [0.15, 0.2) is 47.6 Å². The zero-order valence-corrected chi connectivity index (χ0v) is 23.2. The minimum atomic E-state index is -0.210. The highest BCUT2D eigenvalue weighted by Crippen LogP contribution is 2.33. The number of carbonyl (C=O) groups is 2. The molecule has 0 aliphatic carbocycles. The topological polar surface area (TPSA) is 77.5 Å². The minimum absolute atomic E-state index is 0.0219. The Morgan fingerprint density at radius 2 is 1.79 bits per heavy atom. The summed E-state index contributed by atoms with van der Waals surface area (Å²) in [5.41, 5.74) is 6.56. The first-order chi connectivity index (χ1) is 18.4. The largest absolute Gasteiger partial charge is 0.379 e. The van der Waals surface area contributed by atoms with Crippen molar-refractivity contribution in [3.05, 3.63) is 70.3 Å². The molecule has 0 bridgehead atoms. The Hall–Kier alpha value is -3.23. The molecular formula is C30H41N5O3. The Balaban J connectivity index is 1.56. The van der Waals surface area contributed by atoms with Gasteiger partial charge in [-0.2, -0.15) is 5.10 Å². The first-order valence-electron chi connectivity index (χ1n) is 13.7. The van der Waals surface area contributed by atoms with Crippen molar-refractivity contribution in [1.82, 2.24) is 20.1 Å². The summed E-state index contributed by atoms with van der Waals surface area (Å²) in [4.78, 5) is 30.7. The average molecular weight is 520 g/mol. The number of morpholine rings is 1. The van der Waals surface area contributed by atoms with Gasteiger partial charge in [0.15, 0.2) is 0 Å². The highest BCUT2D eigenvalue weighted by Gasteiger charge is 2.34. The zero-order chi connectivity index (χ0) is 27.1. The second-order valence-electron chi connectivity index (χ2n) is 10.3. The number of amides is 3. The van der Waals surface area contributed by atoms with Crippen molar-refractivity contribution in [1.29, 1.82) is 0 Å². The van der Waals surface area contributed by atoms with Crippen LogP contribution in [0.3, 0.4) is 0 Å². The maximum Gasteiger partial charge on any atom is 0.317 e. The van der Waals surface area contributed by atoms with Crippen molar-refractivity contribution in [3.63, 3.8) is 0 Å². The number of hydrogen-bond donors (Lipinski definition) is 1. The fourth-order valence-electron chi connectivity index (χ4n) is 4.80. The number of urea groups is 1. The van der Waals surface area contributed by atoms with E-state index in [4.69, 9.17) is 9.84 Å². The van der Waals surface area contributed by atoms with Crippen molar-refractivity contribution < 1.29 is 14.3 Å². The summed E-state index contributed by atoms with van der Waals surface area (Å²) in [6.07, 6.45) is 1.47. The van der Waals surface area contributed by atoms with Crippen molar-refractivity contribution in [3.8, 4) is 0 Å². The Bertz CT molecular complexity index is 1140. The molecule has 1 N–H and O–H groups in total. The van der Waals surface area contributed by atoms with E-state index < -0.39 is 0 Å². The van der Waals surface area contributed by atoms with E-state index in [9.17, 15) is 9.59 Å². The number of aryl methyl sites for hydroxylation is 3. The number of nitrogens with one attached hydrogen (secondary N) is 1. The molecule has 2 heterocycles. The molecule has 204 valence electrons. The molecule has 1 unspecified atom stereocenters. The van der Waals surface area contributed by atoms with Gasteiger partial charge in [-0.3, -0.25) is 9.69 Å². The summed E-state index contributed by atoms with van der Waals surface area (Å²) in [6.45, 7) is 13.1. The van der Waals surface area contributed by atoms with Crippen LogP contribution in [0.5, 0.6) is 0 Å². The standard InChI is InChI=1S/C30H41N5O3/c1-5-12-31-30(37)34(14-13-33-15-17-38-18-16-33)21-29(36)35-28(25-9-6-22(2)7-10-25)20-27(32-35)26-11-8-23(3)24(4)19-26/h6-11,19,28H,5,12-18,20-21H2,1-4H3,(H,31,37). The summed E-state index contributed by atoms with van der Waals surface area (Å²) in [5.74, 6) is -0.178. The number of carbonyl (C=O) groups excluding carboxylic acids is 2. The molecule has 8 nitrogen and oxygen atoms in total. The van der Waals surface area contributed by atoms with E-state index in [2.05, 4.69) is 73.5 Å². The smallest absolute Gasteiger partial charge is 0.317 e. The van der Waals surface area contributed by atoms with Crippen LogP contribution in [0, 0.1) is 20.8 Å². The third-order valence-electron chi connectivity index (χ3n) is 7.40. The van der Waals surface area contributed by atoms with Gasteiger partial charge in [-0.25, -0.2) is 9.80 Å². The van der Waals surface area contributed by atoms with Crippen LogP contribution in [-0.4, -0.2) is 84.9 Å². The molecule has 2 aromatic carbocycles. The Morgan fingerprint density at radius 1 is 1.05 bits per heavy atom. The molecule has 0 aromatic heterocycles. The first kappa shape index (κ1) is 27.8. The van der Waals surface area contributed by atoms with E-state index in [1.807, 2.05) is 6.92 Å². The second kappa shape index (κ2) is 13.0. The molecule has 3 amide bonds. The number of ether oxygens (including phenoxy) is 1. The molecule has 38 heavy (non-hydrogen) atoms. The minimum Gasteiger partial charge on any atom is -0.379 e. The van der Waals surface area contributed by atoms with Gasteiger partial charge in [0.05, 0.1) is 25.0 Å². The predicted octanol–water partition coefficient (Wildman–Crippen LogP) is 4.04. The van der Waals surface area contributed by atoms with E-state index in [0.29, 0.717) is 39.3 Å². The summed E-state index contributed by atoms with van der Waals surface area (Å²) >= 11 is 0. The lowest BCUT2D eigenvalue weighted by molar-refractivity contribution is -0.133. The molecule has 1 saturated heterocycles. The van der Waals surface area contributed by atoms with Crippen LogP contribution in [0.1, 0.15) is 53.6 Å². The van der Waals surface area contributed by atoms with E-state index in [-0.39, 0.29) is 24.5 Å². The number of hydrogen-bond acceptors (Lipinski definition) is 5. The molecule has 8 heteroatoms. The molecule has 4 rings (SSSR count). The number of rotatable bonds is 9. The zero-order valence-electron chi connectivity index (χ0n) is 23.2. The van der Waals surface area contributed by atoms with Gasteiger partial charge >= 0.3 is 6.03 Å². The van der Waals surface area contributed by atoms with E-state index in [1.54, 1.807) is 9.91 Å². The van der Waals surface area contributed by atoms with Crippen LogP contribution in [0.2, 0.25) is 0 Å². The Labute approximate surface area is 226 Å². The predicted molar refractivity (Wildman–Crippen MR) is 150 cm³/mol. The molecule has 0 radical (unpaired) electrons. The maximum atomic E-state index is 13.8. The van der Waals surface area contributed by atoms with Crippen molar-refractivity contribution in [2.24, 2.45) is 5.10 Å². The Kier molecular flexibility index (Phi) is 9.53. The van der Waals surface area contributed by atoms with E-state index >= 15 is 0 Å².